The summed E-state index contributed by atoms with van der Waals surface area (Å²) >= 11 is 0. The average molecular weight is 158 g/mol. The minimum atomic E-state index is -0.604. The van der Waals surface area contributed by atoms with E-state index in [1.165, 1.54) is 6.92 Å². The van der Waals surface area contributed by atoms with Crippen LogP contribution in [0.5, 0.6) is 0 Å². The van der Waals surface area contributed by atoms with Crippen LogP contribution in [0.2, 0.25) is 0 Å². The van der Waals surface area contributed by atoms with Crippen molar-refractivity contribution in [2.24, 2.45) is 5.92 Å². The van der Waals surface area contributed by atoms with E-state index in [4.69, 9.17) is 0 Å². The maximum absolute atomic E-state index is 11.1. The van der Waals surface area contributed by atoms with E-state index in [1.54, 1.807) is 20.8 Å². The number of hydrogen-bond acceptors (Lipinski definition) is 3. The molecular weight excluding hydrogens is 144 g/mol. The van der Waals surface area contributed by atoms with Crippen LogP contribution in [0.4, 0.5) is 0 Å². The van der Waals surface area contributed by atoms with Crippen LogP contribution in [0.25, 0.3) is 0 Å². The molecule has 0 rings (SSSR count). The van der Waals surface area contributed by atoms with Crippen molar-refractivity contribution in [3.05, 3.63) is 0 Å². The highest BCUT2D eigenvalue weighted by Gasteiger charge is 2.18. The zero-order valence-electron chi connectivity index (χ0n) is 7.38. The molecule has 0 saturated carbocycles. The van der Waals surface area contributed by atoms with E-state index in [9.17, 15) is 9.59 Å². The lowest BCUT2D eigenvalue weighted by Crippen LogP contribution is -2.26. The molecule has 0 fully saturated rings. The van der Waals surface area contributed by atoms with Gasteiger partial charge in [0, 0.05) is 12.8 Å². The maximum atomic E-state index is 11.1. The lowest BCUT2D eigenvalue weighted by molar-refractivity contribution is -0.152. The molecule has 0 spiro atoms. The van der Waals surface area contributed by atoms with Gasteiger partial charge < -0.3 is 4.74 Å². The van der Waals surface area contributed by atoms with Crippen molar-refractivity contribution >= 4 is 11.8 Å². The minimum Gasteiger partial charge on any atom is -0.455 e. The van der Waals surface area contributed by atoms with Gasteiger partial charge in [-0.3, -0.25) is 9.59 Å². The number of Topliss-reactive ketones (excluding diaryl/α,β-unsaturated/α-hetero) is 1. The Bertz CT molecular complexity index is 161. The summed E-state index contributed by atoms with van der Waals surface area (Å²) in [6.45, 7) is 6.44. The topological polar surface area (TPSA) is 43.4 Å². The second kappa shape index (κ2) is 4.11. The van der Waals surface area contributed by atoms with Gasteiger partial charge in [-0.25, -0.2) is 0 Å². The highest BCUT2D eigenvalue weighted by Crippen LogP contribution is 2.02. The van der Waals surface area contributed by atoms with Crippen molar-refractivity contribution in [2.75, 3.05) is 0 Å². The Hall–Kier alpha value is -0.860. The second-order valence-corrected chi connectivity index (χ2v) is 2.81. The molecular formula is C8H14O3. The predicted octanol–water partition coefficient (Wildman–Crippen LogP) is 1.16. The smallest absolute Gasteiger partial charge is 0.303 e. The van der Waals surface area contributed by atoms with Gasteiger partial charge in [-0.15, -0.1) is 0 Å². The molecule has 0 heterocycles. The molecule has 0 amide bonds. The molecule has 3 heteroatoms. The fourth-order valence-electron chi connectivity index (χ4n) is 0.776. The summed E-state index contributed by atoms with van der Waals surface area (Å²) < 4.78 is 4.68. The number of ether oxygens (including phenoxy) is 1. The highest BCUT2D eigenvalue weighted by atomic mass is 16.5. The van der Waals surface area contributed by atoms with Crippen molar-refractivity contribution in [3.8, 4) is 0 Å². The normalized spacial score (nSPS) is 12.8. The van der Waals surface area contributed by atoms with Crippen LogP contribution < -0.4 is 0 Å². The summed E-state index contributed by atoms with van der Waals surface area (Å²) in [6.07, 6.45) is -0.604. The SMILES string of the molecule is CC(=O)OC(C)C(=O)C(C)C. The Morgan fingerprint density at radius 2 is 1.64 bits per heavy atom. The first-order valence-electron chi connectivity index (χ1n) is 3.66. The summed E-state index contributed by atoms with van der Waals surface area (Å²) in [6, 6.07) is 0. The van der Waals surface area contributed by atoms with Gasteiger partial charge in [-0.05, 0) is 6.92 Å². The predicted molar refractivity (Wildman–Crippen MR) is 41.1 cm³/mol. The largest absolute Gasteiger partial charge is 0.455 e. The standard InChI is InChI=1S/C8H14O3/c1-5(2)8(10)6(3)11-7(4)9/h5-6H,1-4H3. The summed E-state index contributed by atoms with van der Waals surface area (Å²) in [7, 11) is 0. The quantitative estimate of drug-likeness (QED) is 0.579. The van der Waals surface area contributed by atoms with Gasteiger partial charge in [0.1, 0.15) is 0 Å². The first-order valence-corrected chi connectivity index (χ1v) is 3.66. The fraction of sp³-hybridized carbons (Fsp3) is 0.750. The second-order valence-electron chi connectivity index (χ2n) is 2.81. The van der Waals surface area contributed by atoms with Crippen LogP contribution in [-0.2, 0) is 14.3 Å². The average Bonchev–Trinajstić information content (AvgIpc) is 1.84. The van der Waals surface area contributed by atoms with E-state index in [2.05, 4.69) is 4.74 Å². The van der Waals surface area contributed by atoms with Crippen molar-refractivity contribution in [2.45, 2.75) is 33.8 Å². The Morgan fingerprint density at radius 1 is 1.18 bits per heavy atom. The number of hydrogen-bond donors (Lipinski definition) is 0. The monoisotopic (exact) mass is 158 g/mol. The molecule has 0 aliphatic carbocycles. The molecule has 0 aliphatic heterocycles. The number of rotatable bonds is 3. The van der Waals surface area contributed by atoms with Gasteiger partial charge in [0.15, 0.2) is 11.9 Å². The summed E-state index contributed by atoms with van der Waals surface area (Å²) in [5, 5.41) is 0. The minimum absolute atomic E-state index is 0.0415. The Morgan fingerprint density at radius 3 is 1.91 bits per heavy atom. The van der Waals surface area contributed by atoms with E-state index in [-0.39, 0.29) is 11.7 Å². The third kappa shape index (κ3) is 3.75. The molecule has 3 nitrogen and oxygen atoms in total. The van der Waals surface area contributed by atoms with Crippen LogP contribution in [0.1, 0.15) is 27.7 Å². The van der Waals surface area contributed by atoms with Crippen molar-refractivity contribution < 1.29 is 14.3 Å². The molecule has 0 radical (unpaired) electrons. The molecule has 1 unspecified atom stereocenters. The van der Waals surface area contributed by atoms with Gasteiger partial charge in [0.05, 0.1) is 0 Å². The van der Waals surface area contributed by atoms with Crippen LogP contribution in [0, 0.1) is 5.92 Å². The third-order valence-corrected chi connectivity index (χ3v) is 1.31. The maximum Gasteiger partial charge on any atom is 0.303 e. The first-order chi connectivity index (χ1) is 4.95. The first kappa shape index (κ1) is 10.1. The molecule has 0 aliphatic rings. The Labute approximate surface area is 66.7 Å². The van der Waals surface area contributed by atoms with E-state index < -0.39 is 12.1 Å². The Kier molecular flexibility index (Phi) is 3.79. The highest BCUT2D eigenvalue weighted by molar-refractivity contribution is 5.86. The van der Waals surface area contributed by atoms with Gasteiger partial charge in [-0.2, -0.15) is 0 Å². The zero-order chi connectivity index (χ0) is 9.02. The van der Waals surface area contributed by atoms with Crippen molar-refractivity contribution in [1.82, 2.24) is 0 Å². The van der Waals surface area contributed by atoms with Crippen LogP contribution in [0.15, 0.2) is 0 Å². The van der Waals surface area contributed by atoms with E-state index >= 15 is 0 Å². The van der Waals surface area contributed by atoms with Gasteiger partial charge in [0.2, 0.25) is 0 Å². The molecule has 64 valence electrons. The number of carbonyl (C=O) groups excluding carboxylic acids is 2. The van der Waals surface area contributed by atoms with E-state index in [0.29, 0.717) is 0 Å². The summed E-state index contributed by atoms with van der Waals surface area (Å²) in [4.78, 5) is 21.5. The summed E-state index contributed by atoms with van der Waals surface area (Å²) in [5.74, 6) is -0.531. The molecule has 0 aromatic heterocycles. The lowest BCUT2D eigenvalue weighted by atomic mass is 10.1. The molecule has 0 aromatic rings. The van der Waals surface area contributed by atoms with Crippen molar-refractivity contribution in [1.29, 1.82) is 0 Å². The molecule has 11 heavy (non-hydrogen) atoms. The number of ketones is 1. The van der Waals surface area contributed by atoms with Gasteiger partial charge in [-0.1, -0.05) is 13.8 Å². The molecule has 1 atom stereocenters. The third-order valence-electron chi connectivity index (χ3n) is 1.31. The zero-order valence-corrected chi connectivity index (χ0v) is 7.38. The molecule has 0 aromatic carbocycles. The lowest BCUT2D eigenvalue weighted by Gasteiger charge is -2.12. The number of esters is 1. The van der Waals surface area contributed by atoms with Gasteiger partial charge in [0.25, 0.3) is 0 Å². The van der Waals surface area contributed by atoms with Gasteiger partial charge >= 0.3 is 5.97 Å². The van der Waals surface area contributed by atoms with E-state index in [0.717, 1.165) is 0 Å². The molecule has 0 bridgehead atoms. The van der Waals surface area contributed by atoms with Crippen LogP contribution in [-0.4, -0.2) is 17.9 Å². The Balaban J connectivity index is 3.93. The van der Waals surface area contributed by atoms with E-state index in [1.807, 2.05) is 0 Å². The number of carbonyl (C=O) groups is 2. The molecule has 0 N–H and O–H groups in total. The van der Waals surface area contributed by atoms with Crippen LogP contribution in [0.3, 0.4) is 0 Å². The summed E-state index contributed by atoms with van der Waals surface area (Å²) in [5.41, 5.74) is 0. The van der Waals surface area contributed by atoms with Crippen LogP contribution >= 0.6 is 0 Å². The molecule has 0 saturated heterocycles. The van der Waals surface area contributed by atoms with Crippen molar-refractivity contribution in [3.63, 3.8) is 0 Å². The fourth-order valence-corrected chi connectivity index (χ4v) is 0.776.